The van der Waals surface area contributed by atoms with Gasteiger partial charge in [0.15, 0.2) is 0 Å². The van der Waals surface area contributed by atoms with Gasteiger partial charge >= 0.3 is 0 Å². The standard InChI is InChI=1S/C24H29FN4O/c25-23-6-2-21(3-7-23)18-28(12-1-11-27-13-10-26-20-27)19-22-4-8-24(9-5-22)29-14-16-30-17-15-29/h2-10,13,20H,1,11-12,14-19H2. The fourth-order valence-electron chi connectivity index (χ4n) is 3.85. The van der Waals surface area contributed by atoms with Crippen molar-refractivity contribution in [1.29, 1.82) is 0 Å². The van der Waals surface area contributed by atoms with Crippen molar-refractivity contribution in [2.45, 2.75) is 26.1 Å². The van der Waals surface area contributed by atoms with Gasteiger partial charge in [-0.2, -0.15) is 0 Å². The van der Waals surface area contributed by atoms with Crippen LogP contribution in [0.1, 0.15) is 17.5 Å². The number of rotatable bonds is 9. The molecule has 6 heteroatoms. The summed E-state index contributed by atoms with van der Waals surface area (Å²) in [6.45, 7) is 7.06. The lowest BCUT2D eigenvalue weighted by Gasteiger charge is -2.29. The number of anilines is 1. The zero-order chi connectivity index (χ0) is 20.6. The Labute approximate surface area is 177 Å². The van der Waals surface area contributed by atoms with E-state index in [0.29, 0.717) is 0 Å². The van der Waals surface area contributed by atoms with Crippen molar-refractivity contribution in [2.24, 2.45) is 0 Å². The summed E-state index contributed by atoms with van der Waals surface area (Å²) in [5, 5.41) is 0. The molecule has 0 saturated carbocycles. The highest BCUT2D eigenvalue weighted by atomic mass is 19.1. The maximum atomic E-state index is 13.3. The highest BCUT2D eigenvalue weighted by Gasteiger charge is 2.12. The number of aromatic nitrogens is 2. The molecule has 2 aromatic carbocycles. The van der Waals surface area contributed by atoms with Crippen LogP contribution >= 0.6 is 0 Å². The molecule has 0 unspecified atom stereocenters. The van der Waals surface area contributed by atoms with E-state index in [9.17, 15) is 4.39 Å². The number of halogens is 1. The minimum Gasteiger partial charge on any atom is -0.378 e. The van der Waals surface area contributed by atoms with Gasteiger partial charge in [0.1, 0.15) is 5.82 Å². The number of ether oxygens (including phenoxy) is 1. The molecule has 0 aliphatic carbocycles. The summed E-state index contributed by atoms with van der Waals surface area (Å²) in [6.07, 6.45) is 6.69. The average Bonchev–Trinajstić information content (AvgIpc) is 3.30. The van der Waals surface area contributed by atoms with E-state index in [0.717, 1.165) is 64.5 Å². The Kier molecular flexibility index (Phi) is 7.11. The van der Waals surface area contributed by atoms with Gasteiger partial charge in [0, 0.05) is 57.3 Å². The van der Waals surface area contributed by atoms with E-state index in [1.165, 1.54) is 23.4 Å². The first-order chi connectivity index (χ1) is 14.8. The zero-order valence-corrected chi connectivity index (χ0v) is 17.3. The van der Waals surface area contributed by atoms with E-state index in [1.807, 2.05) is 30.9 Å². The Morgan fingerprint density at radius 1 is 0.933 bits per heavy atom. The Morgan fingerprint density at radius 2 is 1.60 bits per heavy atom. The fourth-order valence-corrected chi connectivity index (χ4v) is 3.85. The van der Waals surface area contributed by atoms with Crippen molar-refractivity contribution in [3.05, 3.63) is 84.2 Å². The van der Waals surface area contributed by atoms with Gasteiger partial charge in [-0.05, 0) is 41.8 Å². The Morgan fingerprint density at radius 3 is 2.23 bits per heavy atom. The van der Waals surface area contributed by atoms with Gasteiger partial charge < -0.3 is 14.2 Å². The molecule has 0 amide bonds. The molecule has 30 heavy (non-hydrogen) atoms. The Bertz CT molecular complexity index is 875. The third-order valence-electron chi connectivity index (χ3n) is 5.49. The highest BCUT2D eigenvalue weighted by molar-refractivity contribution is 5.47. The predicted molar refractivity (Wildman–Crippen MR) is 117 cm³/mol. The molecule has 158 valence electrons. The van der Waals surface area contributed by atoms with E-state index < -0.39 is 0 Å². The summed E-state index contributed by atoms with van der Waals surface area (Å²) < 4.78 is 20.8. The first kappa shape index (κ1) is 20.6. The molecule has 0 N–H and O–H groups in total. The first-order valence-corrected chi connectivity index (χ1v) is 10.6. The largest absolute Gasteiger partial charge is 0.378 e. The second-order valence-corrected chi connectivity index (χ2v) is 7.76. The van der Waals surface area contributed by atoms with Crippen LogP contribution in [0.2, 0.25) is 0 Å². The van der Waals surface area contributed by atoms with Gasteiger partial charge in [-0.15, -0.1) is 0 Å². The van der Waals surface area contributed by atoms with E-state index in [1.54, 1.807) is 0 Å². The first-order valence-electron chi connectivity index (χ1n) is 10.6. The summed E-state index contributed by atoms with van der Waals surface area (Å²) in [5.74, 6) is -0.191. The van der Waals surface area contributed by atoms with Gasteiger partial charge in [0.05, 0.1) is 19.5 Å². The van der Waals surface area contributed by atoms with Gasteiger partial charge in [-0.25, -0.2) is 9.37 Å². The van der Waals surface area contributed by atoms with Crippen molar-refractivity contribution in [2.75, 3.05) is 37.7 Å². The summed E-state index contributed by atoms with van der Waals surface area (Å²) in [4.78, 5) is 8.91. The summed E-state index contributed by atoms with van der Waals surface area (Å²) in [6, 6.07) is 15.7. The second kappa shape index (κ2) is 10.4. The topological polar surface area (TPSA) is 33.5 Å². The van der Waals surface area contributed by atoms with Crippen LogP contribution in [0, 0.1) is 5.82 Å². The number of hydrogen-bond donors (Lipinski definition) is 0. The summed E-state index contributed by atoms with van der Waals surface area (Å²) in [7, 11) is 0. The lowest BCUT2D eigenvalue weighted by atomic mass is 10.1. The van der Waals surface area contributed by atoms with Crippen LogP contribution in [-0.4, -0.2) is 47.3 Å². The second-order valence-electron chi connectivity index (χ2n) is 7.76. The van der Waals surface area contributed by atoms with Crippen LogP contribution in [0.25, 0.3) is 0 Å². The minimum absolute atomic E-state index is 0.191. The maximum Gasteiger partial charge on any atom is 0.123 e. The highest BCUT2D eigenvalue weighted by Crippen LogP contribution is 2.18. The SMILES string of the molecule is Fc1ccc(CN(CCCn2ccnc2)Cc2ccc(N3CCOCC3)cc2)cc1. The number of nitrogens with zero attached hydrogens (tertiary/aromatic N) is 4. The summed E-state index contributed by atoms with van der Waals surface area (Å²) >= 11 is 0. The van der Waals surface area contributed by atoms with Crippen molar-refractivity contribution < 1.29 is 9.13 Å². The van der Waals surface area contributed by atoms with Crippen LogP contribution in [0.5, 0.6) is 0 Å². The molecule has 1 aliphatic rings. The van der Waals surface area contributed by atoms with Crippen molar-refractivity contribution in [3.8, 4) is 0 Å². The van der Waals surface area contributed by atoms with E-state index in [-0.39, 0.29) is 5.82 Å². The molecule has 0 bridgehead atoms. The molecule has 1 aliphatic heterocycles. The monoisotopic (exact) mass is 408 g/mol. The van der Waals surface area contributed by atoms with E-state index in [4.69, 9.17) is 4.74 Å². The molecule has 3 aromatic rings. The molecule has 1 fully saturated rings. The van der Waals surface area contributed by atoms with E-state index in [2.05, 4.69) is 43.6 Å². The number of imidazole rings is 1. The molecule has 0 radical (unpaired) electrons. The lowest BCUT2D eigenvalue weighted by Crippen LogP contribution is -2.36. The van der Waals surface area contributed by atoms with Gasteiger partial charge in [-0.3, -0.25) is 4.90 Å². The molecular weight excluding hydrogens is 379 g/mol. The third kappa shape index (κ3) is 5.90. The molecule has 4 rings (SSSR count). The fraction of sp³-hybridized carbons (Fsp3) is 0.375. The Hall–Kier alpha value is -2.70. The lowest BCUT2D eigenvalue weighted by molar-refractivity contribution is 0.122. The zero-order valence-electron chi connectivity index (χ0n) is 17.3. The van der Waals surface area contributed by atoms with Crippen LogP contribution in [0.15, 0.2) is 67.3 Å². The molecule has 1 aromatic heterocycles. The summed E-state index contributed by atoms with van der Waals surface area (Å²) in [5.41, 5.74) is 3.67. The van der Waals surface area contributed by atoms with Crippen molar-refractivity contribution >= 4 is 5.69 Å². The normalized spacial score (nSPS) is 14.4. The predicted octanol–water partition coefficient (Wildman–Crippen LogP) is 3.95. The molecule has 5 nitrogen and oxygen atoms in total. The molecular formula is C24H29FN4O. The number of hydrogen-bond acceptors (Lipinski definition) is 4. The number of morpholine rings is 1. The van der Waals surface area contributed by atoms with Crippen molar-refractivity contribution in [3.63, 3.8) is 0 Å². The van der Waals surface area contributed by atoms with Crippen LogP contribution in [-0.2, 0) is 24.4 Å². The molecule has 1 saturated heterocycles. The van der Waals surface area contributed by atoms with Gasteiger partial charge in [0.2, 0.25) is 0 Å². The molecule has 2 heterocycles. The quantitative estimate of drug-likeness (QED) is 0.537. The minimum atomic E-state index is -0.191. The smallest absolute Gasteiger partial charge is 0.123 e. The molecule has 0 spiro atoms. The van der Waals surface area contributed by atoms with Crippen LogP contribution in [0.4, 0.5) is 10.1 Å². The van der Waals surface area contributed by atoms with Crippen molar-refractivity contribution in [1.82, 2.24) is 14.5 Å². The van der Waals surface area contributed by atoms with E-state index >= 15 is 0 Å². The van der Waals surface area contributed by atoms with Crippen LogP contribution < -0.4 is 4.90 Å². The maximum absolute atomic E-state index is 13.3. The Balaban J connectivity index is 1.39. The number of aryl methyl sites for hydroxylation is 1. The average molecular weight is 409 g/mol. The van der Waals surface area contributed by atoms with Crippen LogP contribution in [0.3, 0.4) is 0 Å². The van der Waals surface area contributed by atoms with Gasteiger partial charge in [-0.1, -0.05) is 24.3 Å². The third-order valence-corrected chi connectivity index (χ3v) is 5.49. The molecule has 0 atom stereocenters. The van der Waals surface area contributed by atoms with Gasteiger partial charge in [0.25, 0.3) is 0 Å². The number of benzene rings is 2.